The van der Waals surface area contributed by atoms with E-state index in [9.17, 15) is 9.59 Å². The summed E-state index contributed by atoms with van der Waals surface area (Å²) < 4.78 is 1.51. The van der Waals surface area contributed by atoms with E-state index in [1.165, 1.54) is 11.0 Å². The largest absolute Gasteiger partial charge is 0.352 e. The predicted octanol–water partition coefficient (Wildman–Crippen LogP) is 1.34. The molecule has 1 heterocycles. The topological polar surface area (TPSA) is 102 Å². The molecule has 3 rings (SSSR count). The van der Waals surface area contributed by atoms with Crippen LogP contribution in [0.5, 0.6) is 0 Å². The maximum atomic E-state index is 12.3. The van der Waals surface area contributed by atoms with Crippen molar-refractivity contribution in [2.24, 2.45) is 0 Å². The van der Waals surface area contributed by atoms with Crippen LogP contribution < -0.4 is 10.6 Å². The van der Waals surface area contributed by atoms with E-state index in [2.05, 4.69) is 26.2 Å². The molecular weight excluding hydrogens is 332 g/mol. The molecule has 0 atom stereocenters. The van der Waals surface area contributed by atoms with E-state index >= 15 is 0 Å². The highest BCUT2D eigenvalue weighted by molar-refractivity contribution is 5.95. The molecule has 132 valence electrons. The molecule has 8 nitrogen and oxygen atoms in total. The molecule has 3 aromatic rings. The molecule has 0 aliphatic carbocycles. The van der Waals surface area contributed by atoms with E-state index in [0.717, 1.165) is 11.3 Å². The number of aromatic nitrogens is 4. The zero-order valence-electron chi connectivity index (χ0n) is 14.2. The van der Waals surface area contributed by atoms with Crippen molar-refractivity contribution in [3.05, 3.63) is 71.5 Å². The van der Waals surface area contributed by atoms with Gasteiger partial charge in [0, 0.05) is 24.2 Å². The Labute approximate surface area is 150 Å². The summed E-state index contributed by atoms with van der Waals surface area (Å²) in [6, 6.07) is 14.1. The standard InChI is InChI=1S/C18H18N6O2/c1-2-19-18(26)15-5-3-4-13(10-15)11-20-17(25)14-6-8-16(9-7-14)24-12-21-22-23-24/h3-10,12H,2,11H2,1H3,(H,19,26)(H,20,25). The monoisotopic (exact) mass is 350 g/mol. The van der Waals surface area contributed by atoms with Gasteiger partial charge in [-0.25, -0.2) is 4.68 Å². The third-order valence-corrected chi connectivity index (χ3v) is 3.72. The van der Waals surface area contributed by atoms with Gasteiger partial charge in [0.1, 0.15) is 6.33 Å². The summed E-state index contributed by atoms with van der Waals surface area (Å²) in [4.78, 5) is 24.2. The predicted molar refractivity (Wildman–Crippen MR) is 94.8 cm³/mol. The maximum Gasteiger partial charge on any atom is 0.251 e. The number of amides is 2. The first kappa shape index (κ1) is 17.3. The zero-order chi connectivity index (χ0) is 18.4. The van der Waals surface area contributed by atoms with Gasteiger partial charge in [0.15, 0.2) is 0 Å². The molecule has 0 saturated heterocycles. The van der Waals surface area contributed by atoms with E-state index in [-0.39, 0.29) is 11.8 Å². The van der Waals surface area contributed by atoms with Crippen molar-refractivity contribution in [1.82, 2.24) is 30.8 Å². The highest BCUT2D eigenvalue weighted by Crippen LogP contribution is 2.09. The van der Waals surface area contributed by atoms with Gasteiger partial charge in [-0.15, -0.1) is 5.10 Å². The molecule has 2 amide bonds. The highest BCUT2D eigenvalue weighted by atomic mass is 16.2. The Bertz CT molecular complexity index is 890. The van der Waals surface area contributed by atoms with Crippen molar-refractivity contribution >= 4 is 11.8 Å². The van der Waals surface area contributed by atoms with Gasteiger partial charge in [-0.05, 0) is 59.3 Å². The smallest absolute Gasteiger partial charge is 0.251 e. The van der Waals surface area contributed by atoms with Crippen molar-refractivity contribution in [3.8, 4) is 5.69 Å². The van der Waals surface area contributed by atoms with E-state index < -0.39 is 0 Å². The summed E-state index contributed by atoms with van der Waals surface area (Å²) in [7, 11) is 0. The first-order chi connectivity index (χ1) is 12.7. The van der Waals surface area contributed by atoms with Gasteiger partial charge in [0.25, 0.3) is 11.8 Å². The molecule has 0 saturated carbocycles. The third kappa shape index (κ3) is 4.10. The molecule has 0 radical (unpaired) electrons. The van der Waals surface area contributed by atoms with E-state index in [1.807, 2.05) is 13.0 Å². The normalized spacial score (nSPS) is 10.3. The van der Waals surface area contributed by atoms with E-state index in [1.54, 1.807) is 42.5 Å². The number of hydrogen-bond acceptors (Lipinski definition) is 5. The van der Waals surface area contributed by atoms with Gasteiger partial charge in [0.05, 0.1) is 5.69 Å². The number of carbonyl (C=O) groups excluding carboxylic acids is 2. The van der Waals surface area contributed by atoms with Crippen LogP contribution in [0.4, 0.5) is 0 Å². The van der Waals surface area contributed by atoms with Crippen molar-refractivity contribution in [2.75, 3.05) is 6.54 Å². The molecule has 0 bridgehead atoms. The molecule has 2 aromatic carbocycles. The number of hydrogen-bond donors (Lipinski definition) is 2. The number of tetrazole rings is 1. The summed E-state index contributed by atoms with van der Waals surface area (Å²) in [5.41, 5.74) is 2.72. The summed E-state index contributed by atoms with van der Waals surface area (Å²) in [5.74, 6) is -0.324. The average molecular weight is 350 g/mol. The molecule has 0 fully saturated rings. The second-order valence-corrected chi connectivity index (χ2v) is 5.54. The zero-order valence-corrected chi connectivity index (χ0v) is 14.2. The summed E-state index contributed by atoms with van der Waals surface area (Å²) in [5, 5.41) is 16.5. The molecule has 2 N–H and O–H groups in total. The fourth-order valence-corrected chi connectivity index (χ4v) is 2.41. The maximum absolute atomic E-state index is 12.3. The minimum atomic E-state index is -0.198. The van der Waals surface area contributed by atoms with Crippen molar-refractivity contribution in [3.63, 3.8) is 0 Å². The summed E-state index contributed by atoms with van der Waals surface area (Å²) in [6.07, 6.45) is 1.48. The van der Waals surface area contributed by atoms with Gasteiger partial charge in [-0.1, -0.05) is 12.1 Å². The molecule has 8 heteroatoms. The molecule has 0 aliphatic heterocycles. The molecule has 26 heavy (non-hydrogen) atoms. The SMILES string of the molecule is CCNC(=O)c1cccc(CNC(=O)c2ccc(-n3cnnn3)cc2)c1. The number of rotatable bonds is 6. The van der Waals surface area contributed by atoms with Crippen LogP contribution in [0.2, 0.25) is 0 Å². The van der Waals surface area contributed by atoms with E-state index in [4.69, 9.17) is 0 Å². The fourth-order valence-electron chi connectivity index (χ4n) is 2.41. The van der Waals surface area contributed by atoms with Gasteiger partial charge in [-0.2, -0.15) is 0 Å². The Morgan fingerprint density at radius 2 is 1.77 bits per heavy atom. The quantitative estimate of drug-likeness (QED) is 0.698. The fraction of sp³-hybridized carbons (Fsp3) is 0.167. The van der Waals surface area contributed by atoms with Gasteiger partial charge < -0.3 is 10.6 Å². The van der Waals surface area contributed by atoms with E-state index in [0.29, 0.717) is 24.2 Å². The number of carbonyl (C=O) groups is 2. The summed E-state index contributed by atoms with van der Waals surface area (Å²) >= 11 is 0. The third-order valence-electron chi connectivity index (χ3n) is 3.72. The molecule has 0 aliphatic rings. The Kier molecular flexibility index (Phi) is 5.33. The highest BCUT2D eigenvalue weighted by Gasteiger charge is 2.08. The van der Waals surface area contributed by atoms with Crippen LogP contribution in [0.3, 0.4) is 0 Å². The summed E-state index contributed by atoms with van der Waals surface area (Å²) in [6.45, 7) is 2.77. The van der Waals surface area contributed by atoms with Crippen LogP contribution >= 0.6 is 0 Å². The van der Waals surface area contributed by atoms with Crippen LogP contribution in [0.25, 0.3) is 5.69 Å². The van der Waals surface area contributed by atoms with Gasteiger partial charge >= 0.3 is 0 Å². The lowest BCUT2D eigenvalue weighted by molar-refractivity contribution is 0.0947. The number of nitrogens with one attached hydrogen (secondary N) is 2. The van der Waals surface area contributed by atoms with Crippen LogP contribution in [0.1, 0.15) is 33.2 Å². The Hall–Kier alpha value is -3.55. The van der Waals surface area contributed by atoms with Crippen molar-refractivity contribution in [2.45, 2.75) is 13.5 Å². The minimum Gasteiger partial charge on any atom is -0.352 e. The lowest BCUT2D eigenvalue weighted by Gasteiger charge is -2.08. The number of nitrogens with zero attached hydrogens (tertiary/aromatic N) is 4. The Balaban J connectivity index is 1.62. The van der Waals surface area contributed by atoms with Crippen molar-refractivity contribution < 1.29 is 9.59 Å². The van der Waals surface area contributed by atoms with Crippen LogP contribution in [-0.2, 0) is 6.54 Å². The first-order valence-electron chi connectivity index (χ1n) is 8.16. The van der Waals surface area contributed by atoms with Gasteiger partial charge in [-0.3, -0.25) is 9.59 Å². The average Bonchev–Trinajstić information content (AvgIpc) is 3.21. The van der Waals surface area contributed by atoms with Crippen LogP contribution in [-0.4, -0.2) is 38.6 Å². The first-order valence-corrected chi connectivity index (χ1v) is 8.16. The van der Waals surface area contributed by atoms with Gasteiger partial charge in [0.2, 0.25) is 0 Å². The molecule has 0 unspecified atom stereocenters. The second kappa shape index (κ2) is 8.02. The molecular formula is C18H18N6O2. The van der Waals surface area contributed by atoms with Crippen molar-refractivity contribution in [1.29, 1.82) is 0 Å². The van der Waals surface area contributed by atoms with Crippen LogP contribution in [0.15, 0.2) is 54.9 Å². The van der Waals surface area contributed by atoms with Crippen LogP contribution in [0, 0.1) is 0 Å². The molecule has 0 spiro atoms. The Morgan fingerprint density at radius 1 is 1.00 bits per heavy atom. The lowest BCUT2D eigenvalue weighted by atomic mass is 10.1. The lowest BCUT2D eigenvalue weighted by Crippen LogP contribution is -2.24. The molecule has 1 aromatic heterocycles. The minimum absolute atomic E-state index is 0.126. The second-order valence-electron chi connectivity index (χ2n) is 5.54. The number of benzene rings is 2. The Morgan fingerprint density at radius 3 is 2.46 bits per heavy atom.